The zero-order valence-electron chi connectivity index (χ0n) is 9.51. The third kappa shape index (κ3) is 1.45. The van der Waals surface area contributed by atoms with Crippen molar-refractivity contribution in [3.63, 3.8) is 0 Å². The molecular formula is C13H12N2O2. The van der Waals surface area contributed by atoms with Crippen molar-refractivity contribution in [1.29, 1.82) is 0 Å². The molecule has 0 atom stereocenters. The van der Waals surface area contributed by atoms with Gasteiger partial charge < -0.3 is 4.74 Å². The Labute approximate surface area is 98.5 Å². The smallest absolute Gasteiger partial charge is 0.359 e. The van der Waals surface area contributed by atoms with Gasteiger partial charge in [-0.3, -0.25) is 0 Å². The molecule has 17 heavy (non-hydrogen) atoms. The lowest BCUT2D eigenvalue weighted by atomic mass is 10.1. The average molecular weight is 228 g/mol. The third-order valence-electron chi connectivity index (χ3n) is 2.86. The van der Waals surface area contributed by atoms with Crippen LogP contribution in [-0.4, -0.2) is 22.4 Å². The summed E-state index contributed by atoms with van der Waals surface area (Å²) < 4.78 is 6.77. The molecule has 0 radical (unpaired) electrons. The van der Waals surface area contributed by atoms with Crippen LogP contribution < -0.4 is 0 Å². The lowest BCUT2D eigenvalue weighted by Gasteiger charge is -2.06. The van der Waals surface area contributed by atoms with Crippen molar-refractivity contribution in [2.45, 2.75) is 13.3 Å². The Morgan fingerprint density at radius 3 is 3.24 bits per heavy atom. The number of hydrogen-bond acceptors (Lipinski definition) is 3. The fraction of sp³-hybridized carbons (Fsp3) is 0.231. The van der Waals surface area contributed by atoms with Crippen LogP contribution in [0.5, 0.6) is 0 Å². The first-order valence-corrected chi connectivity index (χ1v) is 5.65. The van der Waals surface area contributed by atoms with Crippen LogP contribution in [0.2, 0.25) is 0 Å². The normalized spacial score (nSPS) is 13.0. The first-order valence-electron chi connectivity index (χ1n) is 5.65. The zero-order valence-corrected chi connectivity index (χ0v) is 9.51. The molecule has 0 spiro atoms. The fourth-order valence-electron chi connectivity index (χ4n) is 2.17. The summed E-state index contributed by atoms with van der Waals surface area (Å²) in [6, 6.07) is 5.91. The molecule has 0 unspecified atom stereocenters. The summed E-state index contributed by atoms with van der Waals surface area (Å²) in [5.41, 5.74) is 2.60. The SMILES string of the molecule is CCOC(=O)c1nn2c3c(cccc13)CC=C2. The molecule has 2 aromatic rings. The van der Waals surface area contributed by atoms with Crippen LogP contribution in [0.4, 0.5) is 0 Å². The Hall–Kier alpha value is -2.10. The van der Waals surface area contributed by atoms with Crippen molar-refractivity contribution in [3.8, 4) is 0 Å². The Morgan fingerprint density at radius 1 is 1.53 bits per heavy atom. The van der Waals surface area contributed by atoms with Gasteiger partial charge in [-0.25, -0.2) is 9.48 Å². The van der Waals surface area contributed by atoms with Crippen LogP contribution in [0, 0.1) is 0 Å². The summed E-state index contributed by atoms with van der Waals surface area (Å²) >= 11 is 0. The van der Waals surface area contributed by atoms with Gasteiger partial charge in [-0.2, -0.15) is 5.10 Å². The molecule has 4 heteroatoms. The number of carbonyl (C=O) groups excluding carboxylic acids is 1. The predicted molar refractivity (Wildman–Crippen MR) is 64.7 cm³/mol. The Balaban J connectivity index is 2.25. The molecule has 0 amide bonds. The largest absolute Gasteiger partial charge is 0.461 e. The Morgan fingerprint density at radius 2 is 2.41 bits per heavy atom. The lowest BCUT2D eigenvalue weighted by molar-refractivity contribution is 0.0521. The van der Waals surface area contributed by atoms with E-state index >= 15 is 0 Å². The highest BCUT2D eigenvalue weighted by atomic mass is 16.5. The molecule has 0 saturated heterocycles. The van der Waals surface area contributed by atoms with Crippen LogP contribution in [0.15, 0.2) is 24.3 Å². The molecule has 0 saturated carbocycles. The van der Waals surface area contributed by atoms with E-state index in [0.717, 1.165) is 17.3 Å². The third-order valence-corrected chi connectivity index (χ3v) is 2.86. The van der Waals surface area contributed by atoms with Crippen molar-refractivity contribution in [2.24, 2.45) is 0 Å². The number of hydrogen-bond donors (Lipinski definition) is 0. The predicted octanol–water partition coefficient (Wildman–Crippen LogP) is 2.24. The minimum Gasteiger partial charge on any atom is -0.461 e. The first kappa shape index (κ1) is 10.1. The maximum atomic E-state index is 11.8. The van der Waals surface area contributed by atoms with Crippen molar-refractivity contribution in [1.82, 2.24) is 9.78 Å². The number of carbonyl (C=O) groups is 1. The first-order chi connectivity index (χ1) is 8.31. The molecule has 1 aliphatic heterocycles. The van der Waals surface area contributed by atoms with Gasteiger partial charge in [-0.1, -0.05) is 24.3 Å². The monoisotopic (exact) mass is 228 g/mol. The lowest BCUT2D eigenvalue weighted by Crippen LogP contribution is -2.06. The summed E-state index contributed by atoms with van der Waals surface area (Å²) in [6.07, 6.45) is 4.80. The average Bonchev–Trinajstić information content (AvgIpc) is 2.72. The molecule has 0 N–H and O–H groups in total. The van der Waals surface area contributed by atoms with E-state index in [1.165, 1.54) is 5.56 Å². The van der Waals surface area contributed by atoms with Crippen molar-refractivity contribution in [3.05, 3.63) is 35.5 Å². The summed E-state index contributed by atoms with van der Waals surface area (Å²) in [7, 11) is 0. The molecule has 86 valence electrons. The van der Waals surface area contributed by atoms with Gasteiger partial charge >= 0.3 is 5.97 Å². The van der Waals surface area contributed by atoms with Crippen LogP contribution in [-0.2, 0) is 11.2 Å². The van der Waals surface area contributed by atoms with Gasteiger partial charge in [0.05, 0.1) is 12.1 Å². The molecule has 0 bridgehead atoms. The topological polar surface area (TPSA) is 44.1 Å². The number of ether oxygens (including phenoxy) is 1. The van der Waals surface area contributed by atoms with Crippen LogP contribution in [0.1, 0.15) is 23.0 Å². The summed E-state index contributed by atoms with van der Waals surface area (Å²) in [5, 5.41) is 5.16. The molecule has 0 fully saturated rings. The van der Waals surface area contributed by atoms with Crippen LogP contribution in [0.3, 0.4) is 0 Å². The van der Waals surface area contributed by atoms with E-state index in [4.69, 9.17) is 4.74 Å². The van der Waals surface area contributed by atoms with E-state index in [1.54, 1.807) is 11.6 Å². The van der Waals surface area contributed by atoms with Crippen molar-refractivity contribution >= 4 is 23.1 Å². The molecular weight excluding hydrogens is 216 g/mol. The number of esters is 1. The second-order valence-electron chi connectivity index (χ2n) is 3.92. The maximum absolute atomic E-state index is 11.8. The molecule has 3 rings (SSSR count). The number of rotatable bonds is 2. The fourth-order valence-corrected chi connectivity index (χ4v) is 2.17. The van der Waals surface area contributed by atoms with Gasteiger partial charge in [0, 0.05) is 11.6 Å². The number of allylic oxidation sites excluding steroid dienone is 1. The quantitative estimate of drug-likeness (QED) is 0.740. The molecule has 1 aromatic carbocycles. The van der Waals surface area contributed by atoms with E-state index in [2.05, 4.69) is 11.2 Å². The number of para-hydroxylation sites is 1. The molecule has 2 heterocycles. The van der Waals surface area contributed by atoms with E-state index in [1.807, 2.05) is 24.4 Å². The van der Waals surface area contributed by atoms with E-state index in [9.17, 15) is 4.79 Å². The maximum Gasteiger partial charge on any atom is 0.359 e. The Bertz CT molecular complexity index is 626. The van der Waals surface area contributed by atoms with Gasteiger partial charge in [0.1, 0.15) is 0 Å². The van der Waals surface area contributed by atoms with Gasteiger partial charge in [0.25, 0.3) is 0 Å². The summed E-state index contributed by atoms with van der Waals surface area (Å²) in [5.74, 6) is -0.358. The molecule has 0 aliphatic carbocycles. The number of aromatic nitrogens is 2. The standard InChI is InChI=1S/C13H12N2O2/c1-2-17-13(16)11-10-7-3-5-9-6-4-8-15(14-11)12(9)10/h3-5,7-8H,2,6H2,1H3. The zero-order chi connectivity index (χ0) is 11.8. The number of nitrogens with zero attached hydrogens (tertiary/aromatic N) is 2. The van der Waals surface area contributed by atoms with Gasteiger partial charge in [-0.05, 0) is 18.9 Å². The minimum atomic E-state index is -0.358. The highest BCUT2D eigenvalue weighted by Crippen LogP contribution is 2.26. The van der Waals surface area contributed by atoms with Crippen molar-refractivity contribution < 1.29 is 9.53 Å². The van der Waals surface area contributed by atoms with Gasteiger partial charge in [-0.15, -0.1) is 0 Å². The minimum absolute atomic E-state index is 0.358. The van der Waals surface area contributed by atoms with Gasteiger partial charge in [0.15, 0.2) is 5.69 Å². The molecule has 1 aliphatic rings. The second-order valence-corrected chi connectivity index (χ2v) is 3.92. The van der Waals surface area contributed by atoms with Gasteiger partial charge in [0.2, 0.25) is 0 Å². The highest BCUT2D eigenvalue weighted by Gasteiger charge is 2.20. The summed E-state index contributed by atoms with van der Waals surface area (Å²) in [4.78, 5) is 11.8. The second kappa shape index (κ2) is 3.73. The van der Waals surface area contributed by atoms with Crippen molar-refractivity contribution in [2.75, 3.05) is 6.61 Å². The number of benzene rings is 1. The molecule has 1 aromatic heterocycles. The molecule has 4 nitrogen and oxygen atoms in total. The van der Waals surface area contributed by atoms with E-state index < -0.39 is 0 Å². The van der Waals surface area contributed by atoms with Crippen LogP contribution in [0.25, 0.3) is 17.1 Å². The van der Waals surface area contributed by atoms with Crippen LogP contribution >= 0.6 is 0 Å². The Kier molecular flexibility index (Phi) is 2.21. The van der Waals surface area contributed by atoms with E-state index in [-0.39, 0.29) is 5.97 Å². The highest BCUT2D eigenvalue weighted by molar-refractivity contribution is 6.03. The van der Waals surface area contributed by atoms with E-state index in [0.29, 0.717) is 12.3 Å². The summed E-state index contributed by atoms with van der Waals surface area (Å²) in [6.45, 7) is 2.16.